The van der Waals surface area contributed by atoms with Gasteiger partial charge in [0.25, 0.3) is 0 Å². The molecule has 2 rings (SSSR count). The van der Waals surface area contributed by atoms with E-state index in [4.69, 9.17) is 4.18 Å². The number of thiophene rings is 1. The highest BCUT2D eigenvalue weighted by Gasteiger charge is 2.20. The second-order valence-electron chi connectivity index (χ2n) is 3.57. The van der Waals surface area contributed by atoms with Gasteiger partial charge in [0, 0.05) is 5.38 Å². The summed E-state index contributed by atoms with van der Waals surface area (Å²) in [6, 6.07) is 6.38. The Morgan fingerprint density at radius 2 is 1.89 bits per heavy atom. The van der Waals surface area contributed by atoms with Crippen molar-refractivity contribution in [2.45, 2.75) is 11.8 Å². The Morgan fingerprint density at radius 3 is 2.39 bits per heavy atom. The molecule has 2 aromatic rings. The molecule has 0 saturated carbocycles. The van der Waals surface area contributed by atoms with Crippen LogP contribution in [0.2, 0.25) is 0 Å². The molecule has 1 N–H and O–H groups in total. The summed E-state index contributed by atoms with van der Waals surface area (Å²) in [6.07, 6.45) is 0. The Kier molecular flexibility index (Phi) is 3.83. The van der Waals surface area contributed by atoms with Gasteiger partial charge < -0.3 is 9.29 Å². The van der Waals surface area contributed by atoms with Gasteiger partial charge >= 0.3 is 10.1 Å². The Morgan fingerprint density at radius 1 is 1.28 bits per heavy atom. The first-order chi connectivity index (χ1) is 8.40. The summed E-state index contributed by atoms with van der Waals surface area (Å²) in [5, 5.41) is 10.9. The average Bonchev–Trinajstić information content (AvgIpc) is 2.61. The van der Waals surface area contributed by atoms with E-state index in [-0.39, 0.29) is 15.7 Å². The molecule has 0 amide bonds. The summed E-state index contributed by atoms with van der Waals surface area (Å²) < 4.78 is 29.3. The van der Waals surface area contributed by atoms with E-state index in [1.54, 1.807) is 12.1 Å². The number of hydrogen-bond donors (Lipinski definition) is 1. The molecular weight excluding hydrogens is 387 g/mol. The maximum absolute atomic E-state index is 12.0. The molecule has 0 bridgehead atoms. The minimum Gasteiger partial charge on any atom is -0.499 e. The molecule has 0 aliphatic heterocycles. The number of aryl methyl sites for hydroxylation is 1. The standard InChI is InChI=1S/C11H9IO4S2/c1-7-2-4-8(5-3-7)18(14,15)16-9-6-17-11(13)10(9)12/h2-6,13H,1H3. The number of hydrogen-bond acceptors (Lipinski definition) is 5. The lowest BCUT2D eigenvalue weighted by molar-refractivity contribution is 0.472. The van der Waals surface area contributed by atoms with E-state index in [9.17, 15) is 13.5 Å². The lowest BCUT2D eigenvalue weighted by atomic mass is 10.2. The number of aromatic hydroxyl groups is 1. The second-order valence-corrected chi connectivity index (χ2v) is 7.05. The van der Waals surface area contributed by atoms with Crippen molar-refractivity contribution >= 4 is 44.0 Å². The molecular formula is C11H9IO4S2. The van der Waals surface area contributed by atoms with E-state index >= 15 is 0 Å². The van der Waals surface area contributed by atoms with Crippen LogP contribution in [0, 0.1) is 10.5 Å². The van der Waals surface area contributed by atoms with Crippen molar-refractivity contribution in [1.29, 1.82) is 0 Å². The van der Waals surface area contributed by atoms with E-state index in [2.05, 4.69) is 0 Å². The summed E-state index contributed by atoms with van der Waals surface area (Å²) in [4.78, 5) is 0.0922. The number of halogens is 1. The second kappa shape index (κ2) is 5.06. The highest BCUT2D eigenvalue weighted by molar-refractivity contribution is 14.1. The van der Waals surface area contributed by atoms with Crippen LogP contribution in [-0.2, 0) is 10.1 Å². The number of rotatable bonds is 3. The summed E-state index contributed by atoms with van der Waals surface area (Å²) in [7, 11) is -3.85. The fraction of sp³-hybridized carbons (Fsp3) is 0.0909. The first-order valence-corrected chi connectivity index (χ1v) is 8.24. The van der Waals surface area contributed by atoms with Gasteiger partial charge in [0.2, 0.25) is 0 Å². The number of benzene rings is 1. The Balaban J connectivity index is 2.33. The molecule has 7 heteroatoms. The monoisotopic (exact) mass is 396 g/mol. The molecule has 0 aliphatic rings. The lowest BCUT2D eigenvalue weighted by Gasteiger charge is -2.06. The van der Waals surface area contributed by atoms with Gasteiger partial charge in [0.15, 0.2) is 10.8 Å². The van der Waals surface area contributed by atoms with Crippen LogP contribution in [0.5, 0.6) is 10.8 Å². The first-order valence-electron chi connectivity index (χ1n) is 4.87. The third kappa shape index (κ3) is 2.78. The molecule has 18 heavy (non-hydrogen) atoms. The van der Waals surface area contributed by atoms with Crippen LogP contribution < -0.4 is 4.18 Å². The largest absolute Gasteiger partial charge is 0.499 e. The van der Waals surface area contributed by atoms with E-state index in [0.717, 1.165) is 16.9 Å². The van der Waals surface area contributed by atoms with Crippen LogP contribution in [-0.4, -0.2) is 13.5 Å². The Labute approximate surface area is 122 Å². The molecule has 0 unspecified atom stereocenters. The molecule has 0 saturated heterocycles. The first kappa shape index (κ1) is 13.6. The van der Waals surface area contributed by atoms with Crippen molar-refractivity contribution in [3.63, 3.8) is 0 Å². The molecule has 96 valence electrons. The fourth-order valence-corrected chi connectivity index (χ4v) is 3.84. The van der Waals surface area contributed by atoms with Gasteiger partial charge in [-0.15, -0.1) is 11.3 Å². The molecule has 1 aromatic heterocycles. The van der Waals surface area contributed by atoms with Gasteiger partial charge in [-0.05, 0) is 41.6 Å². The summed E-state index contributed by atoms with van der Waals surface area (Å²) in [5.41, 5.74) is 0.969. The third-order valence-electron chi connectivity index (χ3n) is 2.19. The highest BCUT2D eigenvalue weighted by atomic mass is 127. The van der Waals surface area contributed by atoms with Crippen molar-refractivity contribution in [1.82, 2.24) is 0 Å². The minimum absolute atomic E-state index is 0.0460. The summed E-state index contributed by atoms with van der Waals surface area (Å²) in [5.74, 6) is 0.152. The van der Waals surface area contributed by atoms with Gasteiger partial charge in [-0.25, -0.2) is 0 Å². The molecule has 1 heterocycles. The fourth-order valence-electron chi connectivity index (χ4n) is 1.25. The third-order valence-corrected chi connectivity index (χ3v) is 5.61. The van der Waals surface area contributed by atoms with Gasteiger partial charge in [-0.3, -0.25) is 0 Å². The predicted octanol–water partition coefficient (Wildman–Crippen LogP) is 3.13. The summed E-state index contributed by atoms with van der Waals surface area (Å²) in [6.45, 7) is 1.87. The smallest absolute Gasteiger partial charge is 0.339 e. The lowest BCUT2D eigenvalue weighted by Crippen LogP contribution is -2.09. The zero-order valence-corrected chi connectivity index (χ0v) is 13.0. The zero-order chi connectivity index (χ0) is 13.3. The van der Waals surface area contributed by atoms with Crippen molar-refractivity contribution < 1.29 is 17.7 Å². The van der Waals surface area contributed by atoms with Crippen LogP contribution in [0.25, 0.3) is 0 Å². The Bertz CT molecular complexity index is 659. The van der Waals surface area contributed by atoms with E-state index in [0.29, 0.717) is 3.57 Å². The molecule has 0 atom stereocenters. The molecule has 0 aliphatic carbocycles. The highest BCUT2D eigenvalue weighted by Crippen LogP contribution is 2.37. The normalized spacial score (nSPS) is 11.4. The van der Waals surface area contributed by atoms with Crippen LogP contribution in [0.1, 0.15) is 5.56 Å². The zero-order valence-electron chi connectivity index (χ0n) is 9.25. The van der Waals surface area contributed by atoms with Crippen molar-refractivity contribution in [3.05, 3.63) is 38.8 Å². The van der Waals surface area contributed by atoms with Gasteiger partial charge in [0.05, 0.1) is 0 Å². The molecule has 1 aromatic carbocycles. The van der Waals surface area contributed by atoms with Crippen LogP contribution in [0.15, 0.2) is 34.5 Å². The maximum Gasteiger partial charge on any atom is 0.339 e. The van der Waals surface area contributed by atoms with Crippen LogP contribution in [0.3, 0.4) is 0 Å². The van der Waals surface area contributed by atoms with E-state index in [1.807, 2.05) is 29.5 Å². The van der Waals surface area contributed by atoms with Gasteiger partial charge in [-0.1, -0.05) is 17.7 Å². The maximum atomic E-state index is 12.0. The quantitative estimate of drug-likeness (QED) is 0.640. The Hall–Kier alpha value is -0.800. The molecule has 0 radical (unpaired) electrons. The average molecular weight is 396 g/mol. The SMILES string of the molecule is Cc1ccc(S(=O)(=O)Oc2csc(O)c2I)cc1. The molecule has 0 spiro atoms. The van der Waals surface area contributed by atoms with Gasteiger partial charge in [-0.2, -0.15) is 8.42 Å². The molecule has 0 fully saturated rings. The van der Waals surface area contributed by atoms with Crippen molar-refractivity contribution in [2.24, 2.45) is 0 Å². The van der Waals surface area contributed by atoms with Crippen molar-refractivity contribution in [3.8, 4) is 10.8 Å². The van der Waals surface area contributed by atoms with E-state index in [1.165, 1.54) is 17.5 Å². The predicted molar refractivity (Wildman–Crippen MR) is 77.7 cm³/mol. The molecule has 4 nitrogen and oxygen atoms in total. The van der Waals surface area contributed by atoms with Crippen LogP contribution in [0.4, 0.5) is 0 Å². The van der Waals surface area contributed by atoms with Crippen molar-refractivity contribution in [2.75, 3.05) is 0 Å². The topological polar surface area (TPSA) is 63.6 Å². The minimum atomic E-state index is -3.85. The van der Waals surface area contributed by atoms with Gasteiger partial charge in [0.1, 0.15) is 8.47 Å². The van der Waals surface area contributed by atoms with Crippen LogP contribution >= 0.6 is 33.9 Å². The summed E-state index contributed by atoms with van der Waals surface area (Å²) >= 11 is 2.86. The van der Waals surface area contributed by atoms with E-state index < -0.39 is 10.1 Å².